The zero-order valence-corrected chi connectivity index (χ0v) is 12.9. The number of ether oxygens (including phenoxy) is 1. The molecule has 0 aliphatic carbocycles. The molecule has 1 aromatic rings. The summed E-state index contributed by atoms with van der Waals surface area (Å²) in [4.78, 5) is 15.9. The van der Waals surface area contributed by atoms with E-state index in [-0.39, 0.29) is 5.75 Å². The van der Waals surface area contributed by atoms with Gasteiger partial charge in [-0.25, -0.2) is 4.79 Å². The lowest BCUT2D eigenvalue weighted by Gasteiger charge is -2.27. The standard InChI is InChI=1S/C14H16F3N5O2/c1-8-7-11(18-2)21-12(19-8)22-13(23)20-9-3-5-10(6-4-9)24-14(15,16)17/h3-7,12,19H,1-2H3,(H,18,21)(H2,20,22,23). The van der Waals surface area contributed by atoms with E-state index >= 15 is 0 Å². The third kappa shape index (κ3) is 5.38. The SMILES string of the molecule is CN=C1C=C(C)NC(NC(=O)Nc2ccc(OC(F)(F)F)cc2)N1. The van der Waals surface area contributed by atoms with Crippen molar-refractivity contribution in [2.75, 3.05) is 12.4 Å². The van der Waals surface area contributed by atoms with Crippen molar-refractivity contribution < 1.29 is 22.7 Å². The Kier molecular flexibility index (Phi) is 5.17. The fraction of sp³-hybridized carbons (Fsp3) is 0.286. The third-order valence-corrected chi connectivity index (χ3v) is 2.88. The van der Waals surface area contributed by atoms with Crippen molar-refractivity contribution in [2.45, 2.75) is 19.6 Å². The van der Waals surface area contributed by atoms with E-state index in [9.17, 15) is 18.0 Å². The monoisotopic (exact) mass is 343 g/mol. The first-order chi connectivity index (χ1) is 11.2. The number of hydrogen-bond acceptors (Lipinski definition) is 4. The average Bonchev–Trinajstić information content (AvgIpc) is 2.47. The topological polar surface area (TPSA) is 86.8 Å². The molecule has 24 heavy (non-hydrogen) atoms. The van der Waals surface area contributed by atoms with Crippen LogP contribution in [0.15, 0.2) is 41.0 Å². The highest BCUT2D eigenvalue weighted by atomic mass is 19.4. The van der Waals surface area contributed by atoms with Crippen LogP contribution < -0.4 is 26.0 Å². The van der Waals surface area contributed by atoms with Crippen LogP contribution >= 0.6 is 0 Å². The van der Waals surface area contributed by atoms with Crippen LogP contribution in [0.1, 0.15) is 6.92 Å². The first-order valence-corrected chi connectivity index (χ1v) is 6.86. The van der Waals surface area contributed by atoms with Gasteiger partial charge in [0.1, 0.15) is 11.6 Å². The Balaban J connectivity index is 1.90. The van der Waals surface area contributed by atoms with E-state index in [0.29, 0.717) is 11.5 Å². The molecule has 2 amide bonds. The van der Waals surface area contributed by atoms with E-state index in [1.54, 1.807) is 13.1 Å². The molecule has 1 unspecified atom stereocenters. The Bertz CT molecular complexity index is 655. The highest BCUT2D eigenvalue weighted by molar-refractivity contribution is 5.95. The Hall–Kier alpha value is -2.91. The number of amides is 2. The van der Waals surface area contributed by atoms with Gasteiger partial charge in [0, 0.05) is 18.4 Å². The predicted molar refractivity (Wildman–Crippen MR) is 82.5 cm³/mol. The minimum atomic E-state index is -4.76. The molecule has 10 heteroatoms. The van der Waals surface area contributed by atoms with Crippen molar-refractivity contribution in [1.82, 2.24) is 16.0 Å². The van der Waals surface area contributed by atoms with E-state index < -0.39 is 18.7 Å². The number of amidine groups is 1. The number of carbonyl (C=O) groups excluding carboxylic acids is 1. The molecule has 0 fully saturated rings. The lowest BCUT2D eigenvalue weighted by Crippen LogP contribution is -2.58. The highest BCUT2D eigenvalue weighted by Crippen LogP contribution is 2.23. The molecule has 0 aromatic heterocycles. The van der Waals surface area contributed by atoms with Crippen molar-refractivity contribution in [3.63, 3.8) is 0 Å². The number of benzene rings is 1. The molecule has 130 valence electrons. The quantitative estimate of drug-likeness (QED) is 0.677. The van der Waals surface area contributed by atoms with Crippen molar-refractivity contribution in [3.05, 3.63) is 36.0 Å². The van der Waals surface area contributed by atoms with Gasteiger partial charge in [-0.05, 0) is 37.3 Å². The average molecular weight is 343 g/mol. The molecule has 0 saturated carbocycles. The molecule has 0 bridgehead atoms. The van der Waals surface area contributed by atoms with Gasteiger partial charge in [-0.15, -0.1) is 13.2 Å². The number of anilines is 1. The van der Waals surface area contributed by atoms with Crippen molar-refractivity contribution >= 4 is 17.6 Å². The zero-order chi connectivity index (χ0) is 17.7. The fourth-order valence-electron chi connectivity index (χ4n) is 1.94. The minimum Gasteiger partial charge on any atom is -0.406 e. The van der Waals surface area contributed by atoms with Crippen molar-refractivity contribution in [1.29, 1.82) is 0 Å². The first-order valence-electron chi connectivity index (χ1n) is 6.86. The van der Waals surface area contributed by atoms with Crippen LogP contribution in [-0.4, -0.2) is 31.6 Å². The number of allylic oxidation sites excluding steroid dienone is 1. The van der Waals surface area contributed by atoms with Gasteiger partial charge in [-0.2, -0.15) is 0 Å². The molecule has 7 nitrogen and oxygen atoms in total. The molecular weight excluding hydrogens is 327 g/mol. The summed E-state index contributed by atoms with van der Waals surface area (Å²) in [6.45, 7) is 1.82. The summed E-state index contributed by atoms with van der Waals surface area (Å²) in [5.41, 5.74) is 1.13. The molecule has 1 aromatic carbocycles. The van der Waals surface area contributed by atoms with E-state index in [1.165, 1.54) is 12.1 Å². The van der Waals surface area contributed by atoms with Gasteiger partial charge in [0.15, 0.2) is 6.29 Å². The second-order valence-corrected chi connectivity index (χ2v) is 4.83. The largest absolute Gasteiger partial charge is 0.573 e. The number of nitrogens with one attached hydrogen (secondary N) is 4. The van der Waals surface area contributed by atoms with Gasteiger partial charge in [0.25, 0.3) is 0 Å². The van der Waals surface area contributed by atoms with Gasteiger partial charge in [0.05, 0.1) is 0 Å². The van der Waals surface area contributed by atoms with Crippen molar-refractivity contribution in [3.8, 4) is 5.75 Å². The highest BCUT2D eigenvalue weighted by Gasteiger charge is 2.31. The lowest BCUT2D eigenvalue weighted by atomic mass is 10.3. The second kappa shape index (κ2) is 7.11. The summed E-state index contributed by atoms with van der Waals surface area (Å²) >= 11 is 0. The third-order valence-electron chi connectivity index (χ3n) is 2.88. The van der Waals surface area contributed by atoms with Gasteiger partial charge >= 0.3 is 12.4 Å². The summed E-state index contributed by atoms with van der Waals surface area (Å²) in [6.07, 6.45) is -3.55. The van der Waals surface area contributed by atoms with Gasteiger partial charge in [-0.1, -0.05) is 0 Å². The second-order valence-electron chi connectivity index (χ2n) is 4.83. The fourth-order valence-corrected chi connectivity index (χ4v) is 1.94. The van der Waals surface area contributed by atoms with Crippen molar-refractivity contribution in [2.24, 2.45) is 4.99 Å². The number of urea groups is 1. The van der Waals surface area contributed by atoms with E-state index in [4.69, 9.17) is 0 Å². The Morgan fingerprint density at radius 1 is 1.25 bits per heavy atom. The number of rotatable bonds is 3. The maximum absolute atomic E-state index is 12.1. The molecular formula is C14H16F3N5O2. The molecule has 0 spiro atoms. The summed E-state index contributed by atoms with van der Waals surface area (Å²) < 4.78 is 40.0. The first kappa shape index (κ1) is 17.4. The number of hydrogen-bond donors (Lipinski definition) is 4. The van der Waals surface area contributed by atoms with E-state index in [1.807, 2.05) is 6.92 Å². The number of carbonyl (C=O) groups is 1. The van der Waals surface area contributed by atoms with Crippen LogP contribution in [-0.2, 0) is 0 Å². The molecule has 1 aliphatic rings. The molecule has 1 atom stereocenters. The van der Waals surface area contributed by atoms with Crippen LogP contribution in [0.5, 0.6) is 5.75 Å². The van der Waals surface area contributed by atoms with Crippen LogP contribution in [0.25, 0.3) is 0 Å². The van der Waals surface area contributed by atoms with E-state index in [2.05, 4.69) is 31.0 Å². The van der Waals surface area contributed by atoms with Crippen LogP contribution in [0.2, 0.25) is 0 Å². The molecule has 0 saturated heterocycles. The molecule has 2 rings (SSSR count). The van der Waals surface area contributed by atoms with Crippen LogP contribution in [0, 0.1) is 0 Å². The lowest BCUT2D eigenvalue weighted by molar-refractivity contribution is -0.274. The number of halogens is 3. The molecule has 1 aliphatic heterocycles. The van der Waals surface area contributed by atoms with Gasteiger partial charge in [0.2, 0.25) is 0 Å². The van der Waals surface area contributed by atoms with Crippen LogP contribution in [0.4, 0.5) is 23.7 Å². The minimum absolute atomic E-state index is 0.314. The molecule has 4 N–H and O–H groups in total. The summed E-state index contributed by atoms with van der Waals surface area (Å²) in [7, 11) is 1.61. The number of nitrogens with zero attached hydrogens (tertiary/aromatic N) is 1. The van der Waals surface area contributed by atoms with Gasteiger partial charge in [-0.3, -0.25) is 4.99 Å². The van der Waals surface area contributed by atoms with Crippen LogP contribution in [0.3, 0.4) is 0 Å². The summed E-state index contributed by atoms with van der Waals surface area (Å²) in [5.74, 6) is 0.235. The van der Waals surface area contributed by atoms with E-state index in [0.717, 1.165) is 17.8 Å². The maximum Gasteiger partial charge on any atom is 0.573 e. The predicted octanol–water partition coefficient (Wildman–Crippen LogP) is 2.12. The summed E-state index contributed by atoms with van der Waals surface area (Å²) in [6, 6.07) is 4.26. The van der Waals surface area contributed by atoms with Gasteiger partial charge < -0.3 is 26.0 Å². The molecule has 0 radical (unpaired) electrons. The Morgan fingerprint density at radius 3 is 2.50 bits per heavy atom. The maximum atomic E-state index is 12.1. The normalized spacial score (nSPS) is 19.0. The Morgan fingerprint density at radius 2 is 1.92 bits per heavy atom. The summed E-state index contributed by atoms with van der Waals surface area (Å²) in [5, 5.41) is 11.0. The smallest absolute Gasteiger partial charge is 0.406 e. The zero-order valence-electron chi connectivity index (χ0n) is 12.9. The Labute approximate surface area is 136 Å². The number of aliphatic imine (C=N–C) groups is 1. The molecule has 1 heterocycles. The number of alkyl halides is 3.